The fourth-order valence-electron chi connectivity index (χ4n) is 4.71. The highest BCUT2D eigenvalue weighted by atomic mass is 35.5. The molecule has 0 bridgehead atoms. The van der Waals surface area contributed by atoms with Gasteiger partial charge in [0.05, 0.1) is 26.9 Å². The number of halogens is 1. The maximum absolute atomic E-state index is 13.5. The Kier molecular flexibility index (Phi) is 4.99. The molecule has 0 radical (unpaired) electrons. The maximum atomic E-state index is 13.5. The second kappa shape index (κ2) is 7.22. The summed E-state index contributed by atoms with van der Waals surface area (Å²) >= 11 is 6.40. The van der Waals surface area contributed by atoms with Gasteiger partial charge in [0.1, 0.15) is 22.1 Å². The summed E-state index contributed by atoms with van der Waals surface area (Å²) in [5.74, 6) is -0.573. The summed E-state index contributed by atoms with van der Waals surface area (Å²) in [4.78, 5) is 28.8. The highest BCUT2D eigenvalue weighted by molar-refractivity contribution is 6.36. The molecule has 156 valence electrons. The first-order valence-electron chi connectivity index (χ1n) is 9.69. The van der Waals surface area contributed by atoms with Crippen molar-refractivity contribution in [3.05, 3.63) is 28.4 Å². The van der Waals surface area contributed by atoms with Crippen LogP contribution in [0, 0.1) is 5.92 Å². The van der Waals surface area contributed by atoms with Gasteiger partial charge in [-0.15, -0.1) is 0 Å². The quantitative estimate of drug-likeness (QED) is 0.748. The van der Waals surface area contributed by atoms with E-state index in [1.54, 1.807) is 0 Å². The van der Waals surface area contributed by atoms with Crippen LogP contribution in [-0.4, -0.2) is 60.6 Å². The van der Waals surface area contributed by atoms with E-state index in [9.17, 15) is 14.7 Å². The predicted octanol–water partition coefficient (Wildman–Crippen LogP) is 2.62. The van der Waals surface area contributed by atoms with Gasteiger partial charge < -0.3 is 24.2 Å². The average molecular weight is 422 g/mol. The third-order valence-corrected chi connectivity index (χ3v) is 6.61. The largest absolute Gasteiger partial charge is 0.496 e. The summed E-state index contributed by atoms with van der Waals surface area (Å²) in [5.41, 5.74) is -0.652. The van der Waals surface area contributed by atoms with Crippen molar-refractivity contribution in [3.63, 3.8) is 0 Å². The van der Waals surface area contributed by atoms with E-state index in [-0.39, 0.29) is 34.7 Å². The van der Waals surface area contributed by atoms with Gasteiger partial charge in [-0.2, -0.15) is 0 Å². The van der Waals surface area contributed by atoms with Crippen LogP contribution in [0.5, 0.6) is 17.2 Å². The van der Waals surface area contributed by atoms with Crippen molar-refractivity contribution in [2.24, 2.45) is 5.92 Å². The van der Waals surface area contributed by atoms with Crippen LogP contribution >= 0.6 is 11.6 Å². The van der Waals surface area contributed by atoms with Crippen molar-refractivity contribution < 1.29 is 28.9 Å². The van der Waals surface area contributed by atoms with Crippen molar-refractivity contribution >= 4 is 23.2 Å². The van der Waals surface area contributed by atoms with Gasteiger partial charge in [0.15, 0.2) is 5.75 Å². The molecule has 1 aromatic carbocycles. The number of carbonyl (C=O) groups is 2. The number of hydrogen-bond acceptors (Lipinski definition) is 7. The van der Waals surface area contributed by atoms with Crippen LogP contribution in [0.3, 0.4) is 0 Å². The first-order chi connectivity index (χ1) is 13.9. The molecule has 1 aliphatic carbocycles. The van der Waals surface area contributed by atoms with Gasteiger partial charge in [0, 0.05) is 30.3 Å². The molecule has 2 aliphatic heterocycles. The topological polar surface area (TPSA) is 85.3 Å². The molecule has 0 saturated carbocycles. The number of carbonyl (C=O) groups excluding carboxylic acids is 2. The lowest BCUT2D eigenvalue weighted by Gasteiger charge is -2.39. The number of rotatable bonds is 4. The molecule has 3 unspecified atom stereocenters. The van der Waals surface area contributed by atoms with E-state index in [4.69, 9.17) is 25.8 Å². The molecule has 3 atom stereocenters. The minimum atomic E-state index is -1.66. The maximum Gasteiger partial charge on any atom is 0.236 e. The van der Waals surface area contributed by atoms with E-state index in [0.29, 0.717) is 12.2 Å². The molecule has 1 saturated heterocycles. The van der Waals surface area contributed by atoms with Gasteiger partial charge in [-0.3, -0.25) is 9.59 Å². The molecule has 8 heteroatoms. The van der Waals surface area contributed by atoms with E-state index in [1.165, 1.54) is 26.4 Å². The van der Waals surface area contributed by atoms with Gasteiger partial charge in [-0.05, 0) is 19.3 Å². The Labute approximate surface area is 174 Å². The van der Waals surface area contributed by atoms with Gasteiger partial charge in [-0.1, -0.05) is 18.5 Å². The van der Waals surface area contributed by atoms with Crippen LogP contribution in [0.15, 0.2) is 17.8 Å². The second-order valence-corrected chi connectivity index (χ2v) is 8.12. The molecular weight excluding hydrogens is 398 g/mol. The zero-order valence-corrected chi connectivity index (χ0v) is 17.4. The summed E-state index contributed by atoms with van der Waals surface area (Å²) in [7, 11) is 2.89. The molecule has 7 nitrogen and oxygen atoms in total. The fourth-order valence-corrected chi connectivity index (χ4v) is 4.97. The minimum Gasteiger partial charge on any atom is -0.496 e. The molecule has 1 N–H and O–H groups in total. The number of Topliss-reactive ketones (excluding diaryl/α,β-unsaturated/α-hetero) is 1. The van der Waals surface area contributed by atoms with Crippen molar-refractivity contribution in [3.8, 4) is 17.2 Å². The lowest BCUT2D eigenvalue weighted by molar-refractivity contribution is -0.129. The molecule has 2 heterocycles. The first-order valence-corrected chi connectivity index (χ1v) is 10.1. The number of hydrogen-bond donors (Lipinski definition) is 1. The Hall–Kier alpha value is -2.25. The van der Waals surface area contributed by atoms with E-state index in [2.05, 4.69) is 4.90 Å². The number of aliphatic hydroxyl groups is 1. The van der Waals surface area contributed by atoms with Crippen molar-refractivity contribution in [2.45, 2.75) is 37.8 Å². The lowest BCUT2D eigenvalue weighted by Crippen LogP contribution is -2.55. The molecular formula is C21H24ClNO6. The fraction of sp³-hybridized carbons (Fsp3) is 0.524. The van der Waals surface area contributed by atoms with Gasteiger partial charge in [0.25, 0.3) is 0 Å². The molecule has 3 aliphatic rings. The molecule has 1 fully saturated rings. The SMILES string of the molecule is COc1cc(OC)c2c(c1Cl)OC1(C(=O)C=C(N3CCCC3CO)CC1C)C2=O. The van der Waals surface area contributed by atoms with Crippen molar-refractivity contribution in [1.29, 1.82) is 0 Å². The summed E-state index contributed by atoms with van der Waals surface area (Å²) in [6.07, 6.45) is 3.83. The van der Waals surface area contributed by atoms with E-state index in [0.717, 1.165) is 25.1 Å². The number of aliphatic hydroxyl groups excluding tert-OH is 1. The van der Waals surface area contributed by atoms with E-state index < -0.39 is 23.1 Å². The normalized spacial score (nSPS) is 28.4. The third kappa shape index (κ3) is 2.74. The molecule has 0 amide bonds. The first kappa shape index (κ1) is 20.0. The van der Waals surface area contributed by atoms with Crippen LogP contribution in [0.2, 0.25) is 5.02 Å². The molecule has 4 rings (SSSR count). The Morgan fingerprint density at radius 3 is 2.66 bits per heavy atom. The van der Waals surface area contributed by atoms with Gasteiger partial charge in [-0.25, -0.2) is 0 Å². The zero-order valence-electron chi connectivity index (χ0n) is 16.7. The van der Waals surface area contributed by atoms with Crippen LogP contribution < -0.4 is 14.2 Å². The van der Waals surface area contributed by atoms with Crippen LogP contribution in [0.25, 0.3) is 0 Å². The Morgan fingerprint density at radius 2 is 2.03 bits per heavy atom. The van der Waals surface area contributed by atoms with Crippen molar-refractivity contribution in [1.82, 2.24) is 4.90 Å². The van der Waals surface area contributed by atoms with Gasteiger partial charge >= 0.3 is 0 Å². The van der Waals surface area contributed by atoms with Crippen LogP contribution in [0.1, 0.15) is 36.5 Å². The lowest BCUT2D eigenvalue weighted by atomic mass is 9.74. The Balaban J connectivity index is 1.77. The summed E-state index contributed by atoms with van der Waals surface area (Å²) in [5, 5.41) is 9.77. The average Bonchev–Trinajstić information content (AvgIpc) is 3.31. The number of likely N-dealkylation sites (tertiary alicyclic amines) is 1. The summed E-state index contributed by atoms with van der Waals surface area (Å²) < 4.78 is 16.7. The number of nitrogens with zero attached hydrogens (tertiary/aromatic N) is 1. The molecule has 1 spiro atoms. The summed E-state index contributed by atoms with van der Waals surface area (Å²) in [6.45, 7) is 2.66. The number of benzene rings is 1. The number of allylic oxidation sites excluding steroid dienone is 1. The zero-order chi connectivity index (χ0) is 20.9. The number of ether oxygens (including phenoxy) is 3. The number of fused-ring (bicyclic) bond motifs is 1. The highest BCUT2D eigenvalue weighted by Gasteiger charge is 2.60. The number of methoxy groups -OCH3 is 2. The monoisotopic (exact) mass is 421 g/mol. The Bertz CT molecular complexity index is 913. The number of ketones is 2. The van der Waals surface area contributed by atoms with Crippen LogP contribution in [-0.2, 0) is 4.79 Å². The van der Waals surface area contributed by atoms with Crippen molar-refractivity contribution in [2.75, 3.05) is 27.4 Å². The van der Waals surface area contributed by atoms with E-state index >= 15 is 0 Å². The standard InChI is InChI=1S/C21H24ClNO6/c1-11-7-13(23-6-4-5-12(23)10-24)8-16(25)21(11)20(26)17-14(27-2)9-15(28-3)18(22)19(17)29-21/h8-9,11-12,24H,4-7,10H2,1-3H3. The van der Waals surface area contributed by atoms with E-state index in [1.807, 2.05) is 6.92 Å². The molecule has 0 aromatic heterocycles. The third-order valence-electron chi connectivity index (χ3n) is 6.25. The van der Waals surface area contributed by atoms with Crippen LogP contribution in [0.4, 0.5) is 0 Å². The minimum absolute atomic E-state index is 0.00601. The molecule has 1 aromatic rings. The molecule has 29 heavy (non-hydrogen) atoms. The second-order valence-electron chi connectivity index (χ2n) is 7.74. The van der Waals surface area contributed by atoms with Gasteiger partial charge in [0.2, 0.25) is 17.2 Å². The smallest absolute Gasteiger partial charge is 0.236 e. The Morgan fingerprint density at radius 1 is 1.31 bits per heavy atom. The highest BCUT2D eigenvalue weighted by Crippen LogP contribution is 2.53. The predicted molar refractivity (Wildman–Crippen MR) is 106 cm³/mol. The summed E-state index contributed by atoms with van der Waals surface area (Å²) in [6, 6.07) is 1.53.